The van der Waals surface area contributed by atoms with Gasteiger partial charge in [-0.25, -0.2) is 4.79 Å². The first-order valence-corrected chi connectivity index (χ1v) is 6.60. The molecular formula is C17H15NO3. The van der Waals surface area contributed by atoms with Gasteiger partial charge in [-0.2, -0.15) is 5.26 Å². The van der Waals surface area contributed by atoms with Crippen LogP contribution in [0.2, 0.25) is 0 Å². The largest absolute Gasteiger partial charge is 0.490 e. The molecule has 0 fully saturated rings. The van der Waals surface area contributed by atoms with Gasteiger partial charge in [0.25, 0.3) is 0 Å². The third-order valence-corrected chi connectivity index (χ3v) is 2.77. The number of rotatable bonds is 6. The van der Waals surface area contributed by atoms with Crippen molar-refractivity contribution in [2.45, 2.75) is 6.42 Å². The van der Waals surface area contributed by atoms with E-state index in [1.165, 1.54) is 0 Å². The zero-order valence-corrected chi connectivity index (χ0v) is 11.5. The lowest BCUT2D eigenvalue weighted by molar-refractivity contribution is 0.0450. The van der Waals surface area contributed by atoms with E-state index < -0.39 is 5.97 Å². The lowest BCUT2D eigenvalue weighted by Gasteiger charge is -2.07. The van der Waals surface area contributed by atoms with Crippen LogP contribution in [0.3, 0.4) is 0 Å². The third kappa shape index (κ3) is 4.66. The first-order chi connectivity index (χ1) is 10.3. The number of esters is 1. The number of hydrogen-bond donors (Lipinski definition) is 0. The maximum atomic E-state index is 11.9. The molecule has 0 aliphatic rings. The predicted molar refractivity (Wildman–Crippen MR) is 78.0 cm³/mol. The smallest absolute Gasteiger partial charge is 0.338 e. The lowest BCUT2D eigenvalue weighted by Crippen LogP contribution is -2.12. The van der Waals surface area contributed by atoms with Crippen LogP contribution >= 0.6 is 0 Å². The summed E-state index contributed by atoms with van der Waals surface area (Å²) >= 11 is 0. The van der Waals surface area contributed by atoms with E-state index in [0.29, 0.717) is 12.2 Å². The summed E-state index contributed by atoms with van der Waals surface area (Å²) in [5.74, 6) is 0.330. The number of hydrogen-bond acceptors (Lipinski definition) is 4. The minimum absolute atomic E-state index is 0.177. The number of ether oxygens (including phenoxy) is 2. The normalized spacial score (nSPS) is 9.67. The Hall–Kier alpha value is -2.80. The van der Waals surface area contributed by atoms with E-state index in [1.54, 1.807) is 24.3 Å². The summed E-state index contributed by atoms with van der Waals surface area (Å²) in [7, 11) is 0. The Kier molecular flexibility index (Phi) is 5.36. The van der Waals surface area contributed by atoms with Gasteiger partial charge in [-0.05, 0) is 29.8 Å². The number of carbonyl (C=O) groups is 1. The molecule has 0 aromatic heterocycles. The maximum absolute atomic E-state index is 11.9. The summed E-state index contributed by atoms with van der Waals surface area (Å²) < 4.78 is 10.6. The van der Waals surface area contributed by atoms with Crippen molar-refractivity contribution in [2.75, 3.05) is 13.2 Å². The second-order valence-corrected chi connectivity index (χ2v) is 4.33. The Morgan fingerprint density at radius 3 is 2.62 bits per heavy atom. The molecule has 0 N–H and O–H groups in total. The molecule has 0 radical (unpaired) electrons. The second kappa shape index (κ2) is 7.71. The quantitative estimate of drug-likeness (QED) is 0.603. The predicted octanol–water partition coefficient (Wildman–Crippen LogP) is 2.99. The van der Waals surface area contributed by atoms with Gasteiger partial charge in [0.2, 0.25) is 0 Å². The first kappa shape index (κ1) is 14.6. The van der Waals surface area contributed by atoms with Gasteiger partial charge in [-0.15, -0.1) is 0 Å². The second-order valence-electron chi connectivity index (χ2n) is 4.33. The van der Waals surface area contributed by atoms with Crippen LogP contribution < -0.4 is 4.74 Å². The Morgan fingerprint density at radius 1 is 1.05 bits per heavy atom. The van der Waals surface area contributed by atoms with Crippen molar-refractivity contribution < 1.29 is 14.3 Å². The fraction of sp³-hybridized carbons (Fsp3) is 0.176. The van der Waals surface area contributed by atoms with Crippen LogP contribution in [0.4, 0.5) is 0 Å². The van der Waals surface area contributed by atoms with Gasteiger partial charge < -0.3 is 9.47 Å². The van der Waals surface area contributed by atoms with Crippen molar-refractivity contribution in [3.05, 3.63) is 65.7 Å². The van der Waals surface area contributed by atoms with Crippen LogP contribution in [0.25, 0.3) is 0 Å². The average Bonchev–Trinajstić information content (AvgIpc) is 2.53. The van der Waals surface area contributed by atoms with Gasteiger partial charge in [0.05, 0.1) is 18.1 Å². The molecule has 106 valence electrons. The summed E-state index contributed by atoms with van der Waals surface area (Å²) in [6.45, 7) is 0.476. The Morgan fingerprint density at radius 2 is 1.86 bits per heavy atom. The van der Waals surface area contributed by atoms with Gasteiger partial charge in [0, 0.05) is 0 Å². The van der Waals surface area contributed by atoms with Crippen molar-refractivity contribution in [3.63, 3.8) is 0 Å². The standard InChI is InChI=1S/C17H15NO3/c18-10-9-14-5-4-6-15(13-14)17(19)21-12-11-20-16-7-2-1-3-8-16/h1-8,13H,9,11-12H2. The van der Waals surface area contributed by atoms with Crippen LogP contribution in [0.5, 0.6) is 5.75 Å². The van der Waals surface area contributed by atoms with Crippen molar-refractivity contribution in [2.24, 2.45) is 0 Å². The Balaban J connectivity index is 1.79. The topological polar surface area (TPSA) is 59.3 Å². The van der Waals surface area contributed by atoms with Gasteiger partial charge in [0.1, 0.15) is 19.0 Å². The highest BCUT2D eigenvalue weighted by atomic mass is 16.6. The van der Waals surface area contributed by atoms with Gasteiger partial charge in [-0.3, -0.25) is 0 Å². The van der Waals surface area contributed by atoms with E-state index in [4.69, 9.17) is 14.7 Å². The molecule has 2 aromatic carbocycles. The number of benzene rings is 2. The number of nitrogens with zero attached hydrogens (tertiary/aromatic N) is 1. The molecule has 0 aliphatic heterocycles. The minimum atomic E-state index is -0.411. The van der Waals surface area contributed by atoms with E-state index in [2.05, 4.69) is 0 Å². The molecule has 2 aromatic rings. The van der Waals surface area contributed by atoms with E-state index >= 15 is 0 Å². The van der Waals surface area contributed by atoms with Crippen molar-refractivity contribution in [1.82, 2.24) is 0 Å². The van der Waals surface area contributed by atoms with E-state index in [1.807, 2.05) is 36.4 Å². The summed E-state index contributed by atoms with van der Waals surface area (Å²) in [5.41, 5.74) is 1.25. The Labute approximate surface area is 123 Å². The first-order valence-electron chi connectivity index (χ1n) is 6.60. The highest BCUT2D eigenvalue weighted by Gasteiger charge is 2.07. The molecule has 0 saturated carbocycles. The van der Waals surface area contributed by atoms with E-state index in [9.17, 15) is 4.79 Å². The van der Waals surface area contributed by atoms with Crippen LogP contribution in [-0.4, -0.2) is 19.2 Å². The molecule has 0 atom stereocenters. The van der Waals surface area contributed by atoms with Crippen LogP contribution in [-0.2, 0) is 11.2 Å². The third-order valence-electron chi connectivity index (χ3n) is 2.77. The number of carbonyl (C=O) groups excluding carboxylic acids is 1. The highest BCUT2D eigenvalue weighted by Crippen LogP contribution is 2.09. The van der Waals surface area contributed by atoms with Gasteiger partial charge >= 0.3 is 5.97 Å². The van der Waals surface area contributed by atoms with Gasteiger partial charge in [0.15, 0.2) is 0 Å². The van der Waals surface area contributed by atoms with Crippen LogP contribution in [0.15, 0.2) is 54.6 Å². The average molecular weight is 281 g/mol. The molecule has 21 heavy (non-hydrogen) atoms. The molecule has 0 bridgehead atoms. The molecular weight excluding hydrogens is 266 g/mol. The summed E-state index contributed by atoms with van der Waals surface area (Å²) in [6.07, 6.45) is 0.276. The molecule has 0 saturated heterocycles. The number of nitriles is 1. The summed E-state index contributed by atoms with van der Waals surface area (Å²) in [4.78, 5) is 11.9. The van der Waals surface area contributed by atoms with E-state index in [-0.39, 0.29) is 13.0 Å². The lowest BCUT2D eigenvalue weighted by atomic mass is 10.1. The molecule has 0 spiro atoms. The van der Waals surface area contributed by atoms with Crippen molar-refractivity contribution >= 4 is 5.97 Å². The summed E-state index contributed by atoms with van der Waals surface area (Å²) in [6, 6.07) is 18.3. The van der Waals surface area contributed by atoms with Crippen LogP contribution in [0.1, 0.15) is 15.9 Å². The van der Waals surface area contributed by atoms with E-state index in [0.717, 1.165) is 11.3 Å². The maximum Gasteiger partial charge on any atom is 0.338 e. The highest BCUT2D eigenvalue weighted by molar-refractivity contribution is 5.89. The molecule has 0 aliphatic carbocycles. The molecule has 4 nitrogen and oxygen atoms in total. The molecule has 0 amide bonds. The fourth-order valence-corrected chi connectivity index (χ4v) is 1.79. The molecule has 0 heterocycles. The fourth-order valence-electron chi connectivity index (χ4n) is 1.79. The monoisotopic (exact) mass is 281 g/mol. The summed E-state index contributed by atoms with van der Waals surface area (Å²) in [5, 5.41) is 8.65. The van der Waals surface area contributed by atoms with Crippen molar-refractivity contribution in [3.8, 4) is 11.8 Å². The molecule has 0 unspecified atom stereocenters. The van der Waals surface area contributed by atoms with Crippen LogP contribution in [0, 0.1) is 11.3 Å². The zero-order chi connectivity index (χ0) is 14.9. The number of para-hydroxylation sites is 1. The molecule has 4 heteroatoms. The Bertz CT molecular complexity index is 632. The molecule has 2 rings (SSSR count). The SMILES string of the molecule is N#CCc1cccc(C(=O)OCCOc2ccccc2)c1. The van der Waals surface area contributed by atoms with Gasteiger partial charge in [-0.1, -0.05) is 30.3 Å². The zero-order valence-electron chi connectivity index (χ0n) is 11.5. The van der Waals surface area contributed by atoms with Crippen molar-refractivity contribution in [1.29, 1.82) is 5.26 Å². The minimum Gasteiger partial charge on any atom is -0.490 e.